The van der Waals surface area contributed by atoms with E-state index in [4.69, 9.17) is 4.74 Å². The molecule has 0 aliphatic carbocycles. The van der Waals surface area contributed by atoms with Gasteiger partial charge in [0.25, 0.3) is 5.91 Å². The van der Waals surface area contributed by atoms with Crippen LogP contribution in [0.2, 0.25) is 0 Å². The van der Waals surface area contributed by atoms with Crippen LogP contribution in [-0.2, 0) is 14.3 Å². The Balaban J connectivity index is 1.85. The minimum atomic E-state index is -1.21. The summed E-state index contributed by atoms with van der Waals surface area (Å²) in [7, 11) is 0. The van der Waals surface area contributed by atoms with Crippen LogP contribution in [0.3, 0.4) is 0 Å². The third-order valence-electron chi connectivity index (χ3n) is 2.92. The highest BCUT2D eigenvalue weighted by molar-refractivity contribution is 7.14. The zero-order chi connectivity index (χ0) is 19.1. The van der Waals surface area contributed by atoms with E-state index in [2.05, 4.69) is 20.9 Å². The maximum absolute atomic E-state index is 12.0. The minimum Gasteiger partial charge on any atom is -0.448 e. The molecular formula is C16H16N4O5S. The third kappa shape index (κ3) is 5.67. The van der Waals surface area contributed by atoms with Crippen molar-refractivity contribution in [2.45, 2.75) is 20.0 Å². The largest absolute Gasteiger partial charge is 0.448 e. The number of ether oxygens (including phenoxy) is 1. The second-order valence-electron chi connectivity index (χ2n) is 5.08. The topological polar surface area (TPSA) is 126 Å². The summed E-state index contributed by atoms with van der Waals surface area (Å²) in [6.45, 7) is 2.64. The highest BCUT2D eigenvalue weighted by Gasteiger charge is 2.22. The lowest BCUT2D eigenvalue weighted by Gasteiger charge is -2.12. The molecule has 3 N–H and O–H groups in total. The Kier molecular flexibility index (Phi) is 6.39. The fourth-order valence-corrected chi connectivity index (χ4v) is 2.47. The smallest absolute Gasteiger partial charge is 0.358 e. The second kappa shape index (κ2) is 8.72. The summed E-state index contributed by atoms with van der Waals surface area (Å²) >= 11 is 1.05. The van der Waals surface area contributed by atoms with E-state index in [9.17, 15) is 19.2 Å². The molecular weight excluding hydrogens is 360 g/mol. The summed E-state index contributed by atoms with van der Waals surface area (Å²) in [4.78, 5) is 50.5. The number of thiazole rings is 1. The molecule has 136 valence electrons. The molecule has 2 aromatic rings. The average molecular weight is 376 g/mol. The average Bonchev–Trinajstić information content (AvgIpc) is 3.03. The maximum atomic E-state index is 12.0. The van der Waals surface area contributed by atoms with Gasteiger partial charge >= 0.3 is 12.0 Å². The van der Waals surface area contributed by atoms with Crippen LogP contribution in [0.25, 0.3) is 0 Å². The molecule has 2 rings (SSSR count). The molecule has 9 nitrogen and oxygen atoms in total. The Morgan fingerprint density at radius 1 is 1.12 bits per heavy atom. The van der Waals surface area contributed by atoms with Crippen molar-refractivity contribution in [3.05, 3.63) is 41.4 Å². The SMILES string of the molecule is CC(=O)Nc1nc(C(=O)OC(C)C(=O)NC(=O)Nc2ccccc2)cs1. The van der Waals surface area contributed by atoms with E-state index in [0.29, 0.717) is 5.69 Å². The minimum absolute atomic E-state index is 0.0489. The molecule has 1 unspecified atom stereocenters. The molecule has 0 fully saturated rings. The Bertz CT molecular complexity index is 821. The van der Waals surface area contributed by atoms with Crippen LogP contribution >= 0.6 is 11.3 Å². The number of imide groups is 1. The Hall–Kier alpha value is -3.27. The molecule has 1 aromatic heterocycles. The number of anilines is 2. The van der Waals surface area contributed by atoms with Crippen molar-refractivity contribution in [3.63, 3.8) is 0 Å². The van der Waals surface area contributed by atoms with Gasteiger partial charge < -0.3 is 15.4 Å². The van der Waals surface area contributed by atoms with Gasteiger partial charge in [-0.2, -0.15) is 0 Å². The first-order valence-corrected chi connectivity index (χ1v) is 8.34. The van der Waals surface area contributed by atoms with Gasteiger partial charge in [0.05, 0.1) is 0 Å². The summed E-state index contributed by atoms with van der Waals surface area (Å²) in [5, 5.41) is 8.61. The van der Waals surface area contributed by atoms with Crippen molar-refractivity contribution >= 4 is 46.0 Å². The molecule has 10 heteroatoms. The predicted octanol–water partition coefficient (Wildman–Crippen LogP) is 2.00. The number of urea groups is 1. The molecule has 1 heterocycles. The zero-order valence-corrected chi connectivity index (χ0v) is 14.8. The van der Waals surface area contributed by atoms with E-state index in [-0.39, 0.29) is 16.7 Å². The maximum Gasteiger partial charge on any atom is 0.358 e. The summed E-state index contributed by atoms with van der Waals surface area (Å²) in [5.41, 5.74) is 0.461. The first-order valence-electron chi connectivity index (χ1n) is 7.46. The second-order valence-corrected chi connectivity index (χ2v) is 5.93. The Morgan fingerprint density at radius 2 is 1.81 bits per heavy atom. The van der Waals surface area contributed by atoms with Crippen molar-refractivity contribution in [1.82, 2.24) is 10.3 Å². The third-order valence-corrected chi connectivity index (χ3v) is 3.68. The zero-order valence-electron chi connectivity index (χ0n) is 13.9. The van der Waals surface area contributed by atoms with Crippen LogP contribution in [0, 0.1) is 0 Å². The van der Waals surface area contributed by atoms with Crippen LogP contribution in [0.15, 0.2) is 35.7 Å². The van der Waals surface area contributed by atoms with Crippen LogP contribution in [0.5, 0.6) is 0 Å². The predicted molar refractivity (Wildman–Crippen MR) is 94.9 cm³/mol. The molecule has 0 aliphatic rings. The van der Waals surface area contributed by atoms with Crippen molar-refractivity contribution in [1.29, 1.82) is 0 Å². The summed E-state index contributed by atoms with van der Waals surface area (Å²) < 4.78 is 4.97. The number of nitrogens with zero attached hydrogens (tertiary/aromatic N) is 1. The van der Waals surface area contributed by atoms with Crippen LogP contribution in [-0.4, -0.2) is 34.9 Å². The van der Waals surface area contributed by atoms with E-state index in [1.807, 2.05) is 0 Å². The van der Waals surface area contributed by atoms with Crippen LogP contribution in [0.1, 0.15) is 24.3 Å². The lowest BCUT2D eigenvalue weighted by Crippen LogP contribution is -2.41. The number of hydrogen-bond acceptors (Lipinski definition) is 7. The van der Waals surface area contributed by atoms with E-state index in [1.165, 1.54) is 19.2 Å². The van der Waals surface area contributed by atoms with Gasteiger partial charge in [0.15, 0.2) is 16.9 Å². The molecule has 0 spiro atoms. The molecule has 0 saturated heterocycles. The lowest BCUT2D eigenvalue weighted by atomic mass is 10.3. The molecule has 0 radical (unpaired) electrons. The van der Waals surface area contributed by atoms with E-state index < -0.39 is 24.0 Å². The molecule has 4 amide bonds. The Labute approximate surface area is 152 Å². The van der Waals surface area contributed by atoms with E-state index >= 15 is 0 Å². The van der Waals surface area contributed by atoms with E-state index in [0.717, 1.165) is 11.3 Å². The molecule has 26 heavy (non-hydrogen) atoms. The molecule has 0 bridgehead atoms. The quantitative estimate of drug-likeness (QED) is 0.685. The van der Waals surface area contributed by atoms with Gasteiger partial charge in [-0.05, 0) is 19.1 Å². The van der Waals surface area contributed by atoms with Crippen molar-refractivity contribution < 1.29 is 23.9 Å². The van der Waals surface area contributed by atoms with Gasteiger partial charge in [0.2, 0.25) is 5.91 Å². The van der Waals surface area contributed by atoms with Crippen molar-refractivity contribution in [2.75, 3.05) is 10.6 Å². The number of aromatic nitrogens is 1. The molecule has 0 saturated carbocycles. The molecule has 1 aromatic carbocycles. The van der Waals surface area contributed by atoms with Crippen LogP contribution < -0.4 is 16.0 Å². The van der Waals surface area contributed by atoms with Crippen molar-refractivity contribution in [2.24, 2.45) is 0 Å². The standard InChI is InChI=1S/C16H16N4O5S/c1-9(13(22)20-15(24)18-11-6-4-3-5-7-11)25-14(23)12-8-26-16(19-12)17-10(2)21/h3-9H,1-2H3,(H,17,19,21)(H2,18,20,22,24). The number of esters is 1. The number of carbonyl (C=O) groups is 4. The number of rotatable bonds is 5. The fraction of sp³-hybridized carbons (Fsp3) is 0.188. The van der Waals surface area contributed by atoms with Gasteiger partial charge in [0.1, 0.15) is 0 Å². The number of nitrogens with one attached hydrogen (secondary N) is 3. The summed E-state index contributed by atoms with van der Waals surface area (Å²) in [5.74, 6) is -1.95. The lowest BCUT2D eigenvalue weighted by molar-refractivity contribution is -0.127. The summed E-state index contributed by atoms with van der Waals surface area (Å²) in [6, 6.07) is 7.80. The van der Waals surface area contributed by atoms with Gasteiger partial charge in [-0.1, -0.05) is 18.2 Å². The normalized spacial score (nSPS) is 11.2. The summed E-state index contributed by atoms with van der Waals surface area (Å²) in [6.07, 6.45) is -1.21. The Morgan fingerprint density at radius 3 is 2.46 bits per heavy atom. The van der Waals surface area contributed by atoms with Gasteiger partial charge in [-0.25, -0.2) is 14.6 Å². The highest BCUT2D eigenvalue weighted by Crippen LogP contribution is 2.16. The number of para-hydroxylation sites is 1. The first-order chi connectivity index (χ1) is 12.3. The van der Waals surface area contributed by atoms with Gasteiger partial charge in [-0.3, -0.25) is 14.9 Å². The molecule has 1 atom stereocenters. The monoisotopic (exact) mass is 376 g/mol. The number of benzene rings is 1. The van der Waals surface area contributed by atoms with Crippen molar-refractivity contribution in [3.8, 4) is 0 Å². The number of hydrogen-bond donors (Lipinski definition) is 3. The van der Waals surface area contributed by atoms with Gasteiger partial charge in [-0.15, -0.1) is 11.3 Å². The highest BCUT2D eigenvalue weighted by atomic mass is 32.1. The van der Waals surface area contributed by atoms with Crippen LogP contribution in [0.4, 0.5) is 15.6 Å². The number of carbonyl (C=O) groups excluding carboxylic acids is 4. The van der Waals surface area contributed by atoms with Gasteiger partial charge in [0, 0.05) is 18.0 Å². The fourth-order valence-electron chi connectivity index (χ4n) is 1.75. The van der Waals surface area contributed by atoms with E-state index in [1.54, 1.807) is 30.3 Å². The first kappa shape index (κ1) is 19.1. The number of amides is 4. The molecule has 0 aliphatic heterocycles.